The molecule has 0 radical (unpaired) electrons. The minimum absolute atomic E-state index is 0.0297. The molecule has 1 atom stereocenters. The van der Waals surface area contributed by atoms with Gasteiger partial charge in [0.15, 0.2) is 5.69 Å². The normalized spacial score (nSPS) is 16.7. The van der Waals surface area contributed by atoms with Crippen molar-refractivity contribution in [1.29, 1.82) is 0 Å². The highest BCUT2D eigenvalue weighted by atomic mass is 16.5. The van der Waals surface area contributed by atoms with Gasteiger partial charge in [-0.1, -0.05) is 6.92 Å². The van der Waals surface area contributed by atoms with E-state index in [2.05, 4.69) is 18.9 Å². The standard InChI is InChI=1S/C18H23N3O2/c1-13(18(2)10-11-18)20(3)17(22)16-9-12-21(19-16)14-5-7-15(23-4)8-6-14/h5-9,12-13H,10-11H2,1-4H3/t13-/m1/s1. The average Bonchev–Trinajstić information content (AvgIpc) is 3.14. The van der Waals surface area contributed by atoms with E-state index in [9.17, 15) is 4.79 Å². The Balaban J connectivity index is 1.76. The van der Waals surface area contributed by atoms with Gasteiger partial charge < -0.3 is 9.64 Å². The Labute approximate surface area is 136 Å². The number of carbonyl (C=O) groups excluding carboxylic acids is 1. The largest absolute Gasteiger partial charge is 0.497 e. The number of carbonyl (C=O) groups is 1. The highest BCUT2D eigenvalue weighted by Crippen LogP contribution is 2.49. The summed E-state index contributed by atoms with van der Waals surface area (Å²) in [7, 11) is 3.50. The summed E-state index contributed by atoms with van der Waals surface area (Å²) in [6.45, 7) is 4.35. The van der Waals surface area contributed by atoms with Crippen molar-refractivity contribution in [2.75, 3.05) is 14.2 Å². The zero-order valence-electron chi connectivity index (χ0n) is 14.1. The van der Waals surface area contributed by atoms with Crippen LogP contribution in [0.25, 0.3) is 5.69 Å². The van der Waals surface area contributed by atoms with Gasteiger partial charge in [0, 0.05) is 19.3 Å². The molecule has 1 saturated carbocycles. The molecule has 5 nitrogen and oxygen atoms in total. The van der Waals surface area contributed by atoms with Gasteiger partial charge in [-0.05, 0) is 55.5 Å². The van der Waals surface area contributed by atoms with Crippen molar-refractivity contribution in [2.45, 2.75) is 32.7 Å². The summed E-state index contributed by atoms with van der Waals surface area (Å²) in [5.41, 5.74) is 1.64. The highest BCUT2D eigenvalue weighted by molar-refractivity contribution is 5.92. The molecule has 1 aromatic carbocycles. The fourth-order valence-electron chi connectivity index (χ4n) is 2.76. The molecule has 0 N–H and O–H groups in total. The van der Waals surface area contributed by atoms with Crippen molar-refractivity contribution in [1.82, 2.24) is 14.7 Å². The second-order valence-electron chi connectivity index (χ2n) is 6.59. The molecule has 5 heteroatoms. The monoisotopic (exact) mass is 313 g/mol. The van der Waals surface area contributed by atoms with Crippen LogP contribution < -0.4 is 4.74 Å². The van der Waals surface area contributed by atoms with E-state index in [0.717, 1.165) is 11.4 Å². The molecule has 1 fully saturated rings. The smallest absolute Gasteiger partial charge is 0.274 e. The van der Waals surface area contributed by atoms with Crippen LogP contribution in [0.5, 0.6) is 5.75 Å². The van der Waals surface area contributed by atoms with Crippen LogP contribution >= 0.6 is 0 Å². The zero-order valence-corrected chi connectivity index (χ0v) is 14.1. The topological polar surface area (TPSA) is 47.4 Å². The Hall–Kier alpha value is -2.30. The maximum atomic E-state index is 12.6. The second kappa shape index (κ2) is 5.72. The molecule has 1 aliphatic rings. The van der Waals surface area contributed by atoms with Crippen LogP contribution in [0.1, 0.15) is 37.2 Å². The molecule has 0 saturated heterocycles. The molecule has 0 spiro atoms. The predicted octanol–water partition coefficient (Wildman–Crippen LogP) is 3.14. The summed E-state index contributed by atoms with van der Waals surface area (Å²) >= 11 is 0. The van der Waals surface area contributed by atoms with Gasteiger partial charge >= 0.3 is 0 Å². The molecular weight excluding hydrogens is 290 g/mol. The summed E-state index contributed by atoms with van der Waals surface area (Å²) < 4.78 is 6.87. The van der Waals surface area contributed by atoms with Gasteiger partial charge in [-0.3, -0.25) is 4.79 Å². The van der Waals surface area contributed by atoms with Crippen LogP contribution in [0.4, 0.5) is 0 Å². The number of ether oxygens (including phenoxy) is 1. The highest BCUT2D eigenvalue weighted by Gasteiger charge is 2.45. The number of nitrogens with zero attached hydrogens (tertiary/aromatic N) is 3. The Bertz CT molecular complexity index is 701. The Morgan fingerprint density at radius 2 is 1.96 bits per heavy atom. The lowest BCUT2D eigenvalue weighted by atomic mass is 9.99. The second-order valence-corrected chi connectivity index (χ2v) is 6.59. The van der Waals surface area contributed by atoms with E-state index >= 15 is 0 Å². The molecule has 3 rings (SSSR count). The van der Waals surface area contributed by atoms with Gasteiger partial charge in [-0.25, -0.2) is 4.68 Å². The first-order valence-corrected chi connectivity index (χ1v) is 7.92. The molecule has 122 valence electrons. The molecule has 0 bridgehead atoms. The first-order chi connectivity index (χ1) is 10.9. The van der Waals surface area contributed by atoms with E-state index < -0.39 is 0 Å². The number of hydrogen-bond donors (Lipinski definition) is 0. The van der Waals surface area contributed by atoms with Crippen molar-refractivity contribution in [3.05, 3.63) is 42.2 Å². The lowest BCUT2D eigenvalue weighted by Gasteiger charge is -2.29. The van der Waals surface area contributed by atoms with Crippen molar-refractivity contribution in [2.24, 2.45) is 5.41 Å². The summed E-state index contributed by atoms with van der Waals surface area (Å²) in [5, 5.41) is 4.43. The van der Waals surface area contributed by atoms with Gasteiger partial charge in [-0.15, -0.1) is 0 Å². The summed E-state index contributed by atoms with van der Waals surface area (Å²) in [6.07, 6.45) is 4.19. The van der Waals surface area contributed by atoms with Crippen LogP contribution in [-0.2, 0) is 0 Å². The predicted molar refractivity (Wildman–Crippen MR) is 89.0 cm³/mol. The third kappa shape index (κ3) is 2.96. The van der Waals surface area contributed by atoms with E-state index in [-0.39, 0.29) is 17.4 Å². The van der Waals surface area contributed by atoms with Gasteiger partial charge in [-0.2, -0.15) is 5.10 Å². The molecule has 1 aromatic heterocycles. The lowest BCUT2D eigenvalue weighted by Crippen LogP contribution is -2.40. The Kier molecular flexibility index (Phi) is 3.88. The van der Waals surface area contributed by atoms with Crippen molar-refractivity contribution in [3.8, 4) is 11.4 Å². The van der Waals surface area contributed by atoms with E-state index in [1.807, 2.05) is 42.4 Å². The van der Waals surface area contributed by atoms with Crippen molar-refractivity contribution in [3.63, 3.8) is 0 Å². The first kappa shape index (κ1) is 15.6. The minimum Gasteiger partial charge on any atom is -0.497 e. The van der Waals surface area contributed by atoms with Crippen LogP contribution in [0.15, 0.2) is 36.5 Å². The first-order valence-electron chi connectivity index (χ1n) is 7.92. The zero-order chi connectivity index (χ0) is 16.6. The number of methoxy groups -OCH3 is 1. The van der Waals surface area contributed by atoms with Crippen LogP contribution in [0.2, 0.25) is 0 Å². The molecule has 1 amide bonds. The third-order valence-corrected chi connectivity index (χ3v) is 5.09. The van der Waals surface area contributed by atoms with Crippen molar-refractivity contribution >= 4 is 5.91 Å². The molecular formula is C18H23N3O2. The molecule has 1 heterocycles. The van der Waals surface area contributed by atoms with Crippen LogP contribution in [0.3, 0.4) is 0 Å². The minimum atomic E-state index is -0.0297. The number of amides is 1. The molecule has 0 unspecified atom stereocenters. The van der Waals surface area contributed by atoms with Gasteiger partial charge in [0.2, 0.25) is 0 Å². The van der Waals surface area contributed by atoms with Gasteiger partial charge in [0.1, 0.15) is 5.75 Å². The van der Waals surface area contributed by atoms with E-state index in [0.29, 0.717) is 5.69 Å². The SMILES string of the molecule is COc1ccc(-n2ccc(C(=O)N(C)[C@H](C)C3(C)CC3)n2)cc1. The number of rotatable bonds is 5. The Morgan fingerprint density at radius 3 is 2.52 bits per heavy atom. The number of hydrogen-bond acceptors (Lipinski definition) is 3. The fourth-order valence-corrected chi connectivity index (χ4v) is 2.76. The third-order valence-electron chi connectivity index (χ3n) is 5.09. The molecule has 2 aromatic rings. The molecule has 0 aliphatic heterocycles. The van der Waals surface area contributed by atoms with E-state index in [1.54, 1.807) is 17.9 Å². The maximum absolute atomic E-state index is 12.6. The summed E-state index contributed by atoms with van der Waals surface area (Å²) in [5.74, 6) is 0.765. The lowest BCUT2D eigenvalue weighted by molar-refractivity contribution is 0.0678. The summed E-state index contributed by atoms with van der Waals surface area (Å²) in [4.78, 5) is 14.4. The van der Waals surface area contributed by atoms with Crippen molar-refractivity contribution < 1.29 is 9.53 Å². The average molecular weight is 313 g/mol. The maximum Gasteiger partial charge on any atom is 0.274 e. The van der Waals surface area contributed by atoms with Gasteiger partial charge in [0.25, 0.3) is 5.91 Å². The van der Waals surface area contributed by atoms with E-state index in [1.165, 1.54) is 12.8 Å². The Morgan fingerprint density at radius 1 is 1.30 bits per heavy atom. The van der Waals surface area contributed by atoms with Crippen LogP contribution in [-0.4, -0.2) is 40.8 Å². The number of aromatic nitrogens is 2. The van der Waals surface area contributed by atoms with Gasteiger partial charge in [0.05, 0.1) is 12.8 Å². The molecule has 1 aliphatic carbocycles. The van der Waals surface area contributed by atoms with E-state index in [4.69, 9.17) is 4.74 Å². The molecule has 23 heavy (non-hydrogen) atoms. The van der Waals surface area contributed by atoms with Crippen LogP contribution in [0, 0.1) is 5.41 Å². The summed E-state index contributed by atoms with van der Waals surface area (Å²) in [6, 6.07) is 9.57. The quantitative estimate of drug-likeness (QED) is 0.852. The number of benzene rings is 1. The fraction of sp³-hybridized carbons (Fsp3) is 0.444.